The monoisotopic (exact) mass is 304 g/mol. The minimum Gasteiger partial charge on any atom is -0.368 e. The maximum atomic E-state index is 6.32. The zero-order valence-electron chi connectivity index (χ0n) is 12.7. The Hall–Kier alpha value is -0.730. The molecule has 3 heteroatoms. The SMILES string of the molecule is Clc1ccccc1N1CCN(CC2CC3CCC2C3)CC1. The van der Waals surface area contributed by atoms with Crippen LogP contribution in [0.15, 0.2) is 24.3 Å². The summed E-state index contributed by atoms with van der Waals surface area (Å²) < 4.78 is 0. The van der Waals surface area contributed by atoms with Gasteiger partial charge in [-0.15, -0.1) is 0 Å². The molecule has 0 amide bonds. The minimum atomic E-state index is 0.888. The van der Waals surface area contributed by atoms with E-state index in [2.05, 4.69) is 21.9 Å². The summed E-state index contributed by atoms with van der Waals surface area (Å²) in [6.45, 7) is 5.96. The first-order valence-electron chi connectivity index (χ1n) is 8.51. The summed E-state index contributed by atoms with van der Waals surface area (Å²) in [6, 6.07) is 8.24. The average Bonchev–Trinajstić information content (AvgIpc) is 3.11. The Kier molecular flexibility index (Phi) is 3.85. The molecule has 3 aliphatic rings. The lowest BCUT2D eigenvalue weighted by Crippen LogP contribution is -2.48. The number of fused-ring (bicyclic) bond motifs is 2. The summed E-state index contributed by atoms with van der Waals surface area (Å²) in [4.78, 5) is 5.14. The zero-order valence-corrected chi connectivity index (χ0v) is 13.4. The summed E-state index contributed by atoms with van der Waals surface area (Å²) in [6.07, 6.45) is 6.07. The third kappa shape index (κ3) is 2.80. The topological polar surface area (TPSA) is 6.48 Å². The molecule has 21 heavy (non-hydrogen) atoms. The lowest BCUT2D eigenvalue weighted by atomic mass is 9.88. The molecular weight excluding hydrogens is 280 g/mol. The van der Waals surface area contributed by atoms with Crippen LogP contribution in [0.2, 0.25) is 5.02 Å². The number of rotatable bonds is 3. The van der Waals surface area contributed by atoms with Gasteiger partial charge >= 0.3 is 0 Å². The van der Waals surface area contributed by atoms with Crippen LogP contribution < -0.4 is 4.90 Å². The fraction of sp³-hybridized carbons (Fsp3) is 0.667. The molecule has 2 nitrogen and oxygen atoms in total. The summed E-state index contributed by atoms with van der Waals surface area (Å²) in [5, 5.41) is 0.888. The summed E-state index contributed by atoms with van der Waals surface area (Å²) >= 11 is 6.32. The second-order valence-electron chi connectivity index (χ2n) is 7.17. The first-order chi connectivity index (χ1) is 10.3. The minimum absolute atomic E-state index is 0.888. The molecule has 1 aliphatic heterocycles. The number of benzene rings is 1. The predicted molar refractivity (Wildman–Crippen MR) is 89.0 cm³/mol. The van der Waals surface area contributed by atoms with E-state index in [1.54, 1.807) is 0 Å². The second kappa shape index (κ2) is 5.81. The molecule has 2 bridgehead atoms. The first-order valence-corrected chi connectivity index (χ1v) is 8.89. The molecule has 2 aliphatic carbocycles. The molecule has 1 heterocycles. The van der Waals surface area contributed by atoms with Gasteiger partial charge in [-0.25, -0.2) is 0 Å². The molecule has 114 valence electrons. The molecule has 0 spiro atoms. The van der Waals surface area contributed by atoms with E-state index in [0.717, 1.165) is 35.9 Å². The fourth-order valence-corrected chi connectivity index (χ4v) is 5.07. The van der Waals surface area contributed by atoms with E-state index in [9.17, 15) is 0 Å². The molecular formula is C18H25ClN2. The van der Waals surface area contributed by atoms with Crippen molar-refractivity contribution in [1.29, 1.82) is 0 Å². The maximum absolute atomic E-state index is 6.32. The molecule has 4 rings (SSSR count). The highest BCUT2D eigenvalue weighted by Crippen LogP contribution is 2.48. The number of para-hydroxylation sites is 1. The standard InChI is InChI=1S/C18H25ClN2/c19-17-3-1-2-4-18(17)21-9-7-20(8-10-21)13-16-12-14-5-6-15(16)11-14/h1-4,14-16H,5-13H2. The Labute approximate surface area is 133 Å². The maximum Gasteiger partial charge on any atom is 0.0639 e. The van der Waals surface area contributed by atoms with Gasteiger partial charge in [-0.05, 0) is 49.1 Å². The summed E-state index contributed by atoms with van der Waals surface area (Å²) in [5.74, 6) is 3.12. The Morgan fingerprint density at radius 2 is 1.81 bits per heavy atom. The number of halogens is 1. The van der Waals surface area contributed by atoms with Crippen molar-refractivity contribution < 1.29 is 0 Å². The molecule has 3 atom stereocenters. The smallest absolute Gasteiger partial charge is 0.0639 e. The van der Waals surface area contributed by atoms with E-state index in [4.69, 9.17) is 11.6 Å². The molecule has 3 unspecified atom stereocenters. The van der Waals surface area contributed by atoms with E-state index in [-0.39, 0.29) is 0 Å². The van der Waals surface area contributed by atoms with Crippen molar-refractivity contribution in [3.63, 3.8) is 0 Å². The van der Waals surface area contributed by atoms with E-state index in [0.29, 0.717) is 0 Å². The van der Waals surface area contributed by atoms with Gasteiger partial charge in [0, 0.05) is 32.7 Å². The van der Waals surface area contributed by atoms with Crippen LogP contribution in [0.1, 0.15) is 25.7 Å². The van der Waals surface area contributed by atoms with Gasteiger partial charge in [0.05, 0.1) is 10.7 Å². The van der Waals surface area contributed by atoms with Gasteiger partial charge in [-0.1, -0.05) is 30.2 Å². The van der Waals surface area contributed by atoms with Crippen LogP contribution in [0.4, 0.5) is 5.69 Å². The predicted octanol–water partition coefficient (Wildman–Crippen LogP) is 3.90. The van der Waals surface area contributed by atoms with Crippen molar-refractivity contribution in [2.45, 2.75) is 25.7 Å². The van der Waals surface area contributed by atoms with Gasteiger partial charge in [-0.3, -0.25) is 4.90 Å². The Balaban J connectivity index is 1.32. The molecule has 1 aromatic rings. The molecule has 3 fully saturated rings. The lowest BCUT2D eigenvalue weighted by Gasteiger charge is -2.38. The third-order valence-electron chi connectivity index (χ3n) is 5.94. The van der Waals surface area contributed by atoms with Crippen molar-refractivity contribution >= 4 is 17.3 Å². The third-order valence-corrected chi connectivity index (χ3v) is 6.26. The fourth-order valence-electron chi connectivity index (χ4n) is 4.81. The van der Waals surface area contributed by atoms with Crippen molar-refractivity contribution in [1.82, 2.24) is 4.90 Å². The van der Waals surface area contributed by atoms with Gasteiger partial charge in [0.1, 0.15) is 0 Å². The number of hydrogen-bond acceptors (Lipinski definition) is 2. The molecule has 1 saturated heterocycles. The quantitative estimate of drug-likeness (QED) is 0.835. The normalized spacial score (nSPS) is 32.8. The lowest BCUT2D eigenvalue weighted by molar-refractivity contribution is 0.182. The zero-order chi connectivity index (χ0) is 14.2. The van der Waals surface area contributed by atoms with Gasteiger partial charge in [0.2, 0.25) is 0 Å². The Morgan fingerprint density at radius 1 is 1.00 bits per heavy atom. The molecule has 0 radical (unpaired) electrons. The van der Waals surface area contributed by atoms with Gasteiger partial charge in [-0.2, -0.15) is 0 Å². The summed E-state index contributed by atoms with van der Waals surface area (Å²) in [5.41, 5.74) is 1.21. The van der Waals surface area contributed by atoms with E-state index in [1.165, 1.54) is 51.0 Å². The average molecular weight is 305 g/mol. The van der Waals surface area contributed by atoms with Crippen molar-refractivity contribution in [3.05, 3.63) is 29.3 Å². The number of nitrogens with zero attached hydrogens (tertiary/aromatic N) is 2. The molecule has 0 aromatic heterocycles. The van der Waals surface area contributed by atoms with Crippen LogP contribution in [0.3, 0.4) is 0 Å². The van der Waals surface area contributed by atoms with Crippen LogP contribution in [0.25, 0.3) is 0 Å². The number of hydrogen-bond donors (Lipinski definition) is 0. The Bertz CT molecular complexity index is 496. The van der Waals surface area contributed by atoms with Crippen LogP contribution in [-0.4, -0.2) is 37.6 Å². The highest BCUT2D eigenvalue weighted by molar-refractivity contribution is 6.33. The largest absolute Gasteiger partial charge is 0.368 e. The number of piperazine rings is 1. The van der Waals surface area contributed by atoms with Crippen molar-refractivity contribution in [2.24, 2.45) is 17.8 Å². The van der Waals surface area contributed by atoms with E-state index < -0.39 is 0 Å². The second-order valence-corrected chi connectivity index (χ2v) is 7.58. The Morgan fingerprint density at radius 3 is 2.48 bits per heavy atom. The van der Waals surface area contributed by atoms with E-state index >= 15 is 0 Å². The number of anilines is 1. The van der Waals surface area contributed by atoms with Gasteiger partial charge < -0.3 is 4.90 Å². The van der Waals surface area contributed by atoms with Crippen LogP contribution in [0.5, 0.6) is 0 Å². The molecule has 2 saturated carbocycles. The highest BCUT2D eigenvalue weighted by Gasteiger charge is 2.40. The van der Waals surface area contributed by atoms with E-state index in [1.807, 2.05) is 12.1 Å². The van der Waals surface area contributed by atoms with Gasteiger partial charge in [0.25, 0.3) is 0 Å². The molecule has 0 N–H and O–H groups in total. The van der Waals surface area contributed by atoms with Crippen LogP contribution in [-0.2, 0) is 0 Å². The highest BCUT2D eigenvalue weighted by atomic mass is 35.5. The van der Waals surface area contributed by atoms with Gasteiger partial charge in [0.15, 0.2) is 0 Å². The van der Waals surface area contributed by atoms with Crippen molar-refractivity contribution in [3.8, 4) is 0 Å². The van der Waals surface area contributed by atoms with Crippen molar-refractivity contribution in [2.75, 3.05) is 37.6 Å². The first kappa shape index (κ1) is 13.9. The summed E-state index contributed by atoms with van der Waals surface area (Å²) in [7, 11) is 0. The van der Waals surface area contributed by atoms with Crippen LogP contribution in [0, 0.1) is 17.8 Å². The molecule has 1 aromatic carbocycles. The van der Waals surface area contributed by atoms with Crippen LogP contribution >= 0.6 is 11.6 Å².